The summed E-state index contributed by atoms with van der Waals surface area (Å²) in [6.45, 7) is 1.24. The highest BCUT2D eigenvalue weighted by Gasteiger charge is 2.27. The summed E-state index contributed by atoms with van der Waals surface area (Å²) in [5.41, 5.74) is 6.54. The lowest BCUT2D eigenvalue weighted by molar-refractivity contribution is -0.134. The molecule has 1 aromatic carbocycles. The molecular weight excluding hydrogens is 244 g/mol. The summed E-state index contributed by atoms with van der Waals surface area (Å²) in [7, 11) is 0. The lowest BCUT2D eigenvalue weighted by atomic mass is 10.2. The fraction of sp³-hybridized carbons (Fsp3) is 0.500. The number of nitrogens with two attached hydrogens (primary N) is 1. The van der Waals surface area contributed by atoms with Gasteiger partial charge in [-0.15, -0.1) is 0 Å². The van der Waals surface area contributed by atoms with Crippen LogP contribution in [0.15, 0.2) is 24.3 Å². The lowest BCUT2D eigenvalue weighted by Crippen LogP contribution is -2.40. The van der Waals surface area contributed by atoms with Crippen molar-refractivity contribution in [3.8, 4) is 5.75 Å². The van der Waals surface area contributed by atoms with Gasteiger partial charge in [-0.1, -0.05) is 12.1 Å². The molecule has 0 radical (unpaired) electrons. The summed E-state index contributed by atoms with van der Waals surface area (Å²) >= 11 is 0. The second-order valence-electron chi connectivity index (χ2n) is 4.70. The van der Waals surface area contributed by atoms with Gasteiger partial charge in [-0.3, -0.25) is 4.79 Å². The van der Waals surface area contributed by atoms with Gasteiger partial charge >= 0.3 is 0 Å². The Bertz CT molecular complexity index is 419. The van der Waals surface area contributed by atoms with Gasteiger partial charge in [0.1, 0.15) is 5.75 Å². The maximum atomic E-state index is 12.0. The molecule has 1 aliphatic heterocycles. The van der Waals surface area contributed by atoms with Crippen LogP contribution in [0.4, 0.5) is 0 Å². The van der Waals surface area contributed by atoms with Gasteiger partial charge in [-0.25, -0.2) is 0 Å². The molecule has 0 aliphatic carbocycles. The Hall–Kier alpha value is -1.59. The van der Waals surface area contributed by atoms with Gasteiger partial charge in [-0.05, 0) is 30.5 Å². The van der Waals surface area contributed by atoms with Crippen molar-refractivity contribution in [3.05, 3.63) is 29.8 Å². The first-order chi connectivity index (χ1) is 9.24. The number of amides is 1. The highest BCUT2D eigenvalue weighted by atomic mass is 16.5. The maximum absolute atomic E-state index is 12.0. The Balaban J connectivity index is 1.85. The molecule has 1 heterocycles. The van der Waals surface area contributed by atoms with Crippen LogP contribution in [-0.2, 0) is 11.3 Å². The quantitative estimate of drug-likeness (QED) is 0.812. The number of carbonyl (C=O) groups is 1. The van der Waals surface area contributed by atoms with Crippen LogP contribution < -0.4 is 10.5 Å². The van der Waals surface area contributed by atoms with E-state index in [1.807, 2.05) is 24.3 Å². The van der Waals surface area contributed by atoms with E-state index in [1.54, 1.807) is 4.90 Å². The Morgan fingerprint density at radius 1 is 1.42 bits per heavy atom. The van der Waals surface area contributed by atoms with Crippen molar-refractivity contribution < 1.29 is 14.6 Å². The predicted octanol–water partition coefficient (Wildman–Crippen LogP) is 0.507. The molecule has 0 spiro atoms. The molecule has 5 nitrogen and oxygen atoms in total. The van der Waals surface area contributed by atoms with E-state index in [1.165, 1.54) is 0 Å². The van der Waals surface area contributed by atoms with E-state index < -0.39 is 0 Å². The first kappa shape index (κ1) is 13.8. The van der Waals surface area contributed by atoms with E-state index in [-0.39, 0.29) is 25.2 Å². The van der Waals surface area contributed by atoms with Crippen molar-refractivity contribution in [1.29, 1.82) is 0 Å². The molecule has 0 bridgehead atoms. The minimum absolute atomic E-state index is 0.0124. The number of likely N-dealkylation sites (tertiary alicyclic amines) is 1. The van der Waals surface area contributed by atoms with E-state index in [0.29, 0.717) is 18.8 Å². The molecule has 1 amide bonds. The fourth-order valence-corrected chi connectivity index (χ4v) is 2.30. The first-order valence-corrected chi connectivity index (χ1v) is 6.56. The third-order valence-corrected chi connectivity index (χ3v) is 3.43. The molecule has 19 heavy (non-hydrogen) atoms. The van der Waals surface area contributed by atoms with E-state index in [4.69, 9.17) is 10.5 Å². The van der Waals surface area contributed by atoms with Crippen LogP contribution in [0.3, 0.4) is 0 Å². The normalized spacial score (nSPS) is 18.6. The molecule has 104 valence electrons. The summed E-state index contributed by atoms with van der Waals surface area (Å²) in [4.78, 5) is 13.7. The van der Waals surface area contributed by atoms with Gasteiger partial charge in [0.25, 0.3) is 5.91 Å². The smallest absolute Gasteiger partial charge is 0.260 e. The van der Waals surface area contributed by atoms with Crippen molar-refractivity contribution in [1.82, 2.24) is 4.90 Å². The van der Waals surface area contributed by atoms with Crippen molar-refractivity contribution >= 4 is 5.91 Å². The highest BCUT2D eigenvalue weighted by Crippen LogP contribution is 2.17. The molecule has 1 saturated heterocycles. The van der Waals surface area contributed by atoms with Crippen molar-refractivity contribution in [2.45, 2.75) is 25.4 Å². The van der Waals surface area contributed by atoms with E-state index in [9.17, 15) is 9.90 Å². The molecule has 1 aromatic rings. The maximum Gasteiger partial charge on any atom is 0.260 e. The van der Waals surface area contributed by atoms with Crippen LogP contribution in [0.5, 0.6) is 5.75 Å². The van der Waals surface area contributed by atoms with Crippen molar-refractivity contribution in [3.63, 3.8) is 0 Å². The Labute approximate surface area is 113 Å². The molecule has 1 unspecified atom stereocenters. The predicted molar refractivity (Wildman–Crippen MR) is 71.6 cm³/mol. The summed E-state index contributed by atoms with van der Waals surface area (Å²) < 4.78 is 5.46. The van der Waals surface area contributed by atoms with Gasteiger partial charge in [0, 0.05) is 13.1 Å². The largest absolute Gasteiger partial charge is 0.484 e. The zero-order chi connectivity index (χ0) is 13.7. The SMILES string of the molecule is NCc1ccc(OCC(=O)N2CCCC2CO)cc1. The summed E-state index contributed by atoms with van der Waals surface area (Å²) in [6.07, 6.45) is 1.82. The molecule has 0 saturated carbocycles. The van der Waals surface area contributed by atoms with Crippen molar-refractivity contribution in [2.75, 3.05) is 19.8 Å². The van der Waals surface area contributed by atoms with E-state index >= 15 is 0 Å². The van der Waals surface area contributed by atoms with Gasteiger partial charge in [0.15, 0.2) is 6.61 Å². The Morgan fingerprint density at radius 2 is 2.16 bits per heavy atom. The van der Waals surface area contributed by atoms with Gasteiger partial charge in [0.05, 0.1) is 12.6 Å². The molecule has 3 N–H and O–H groups in total. The number of rotatable bonds is 5. The second kappa shape index (κ2) is 6.54. The number of aliphatic hydroxyl groups is 1. The number of hydrogen-bond donors (Lipinski definition) is 2. The van der Waals surface area contributed by atoms with Crippen LogP contribution in [-0.4, -0.2) is 41.7 Å². The molecule has 0 aromatic heterocycles. The minimum atomic E-state index is -0.0700. The summed E-state index contributed by atoms with van der Waals surface area (Å²) in [6, 6.07) is 7.33. The number of ether oxygens (including phenoxy) is 1. The summed E-state index contributed by atoms with van der Waals surface area (Å²) in [5.74, 6) is 0.588. The molecule has 1 fully saturated rings. The van der Waals surface area contributed by atoms with E-state index in [0.717, 1.165) is 18.4 Å². The standard InChI is InChI=1S/C14H20N2O3/c15-8-11-3-5-13(6-4-11)19-10-14(18)16-7-1-2-12(16)9-17/h3-6,12,17H,1-2,7-10,15H2. The number of nitrogens with zero attached hydrogens (tertiary/aromatic N) is 1. The van der Waals surface area contributed by atoms with Crippen molar-refractivity contribution in [2.24, 2.45) is 5.73 Å². The van der Waals surface area contributed by atoms with Crippen LogP contribution >= 0.6 is 0 Å². The molecule has 5 heteroatoms. The lowest BCUT2D eigenvalue weighted by Gasteiger charge is -2.22. The third-order valence-electron chi connectivity index (χ3n) is 3.43. The number of benzene rings is 1. The van der Waals surface area contributed by atoms with Crippen LogP contribution in [0.2, 0.25) is 0 Å². The Morgan fingerprint density at radius 3 is 2.79 bits per heavy atom. The zero-order valence-electron chi connectivity index (χ0n) is 10.9. The van der Waals surface area contributed by atoms with Gasteiger partial charge < -0.3 is 20.5 Å². The van der Waals surface area contributed by atoms with Crippen LogP contribution in [0.25, 0.3) is 0 Å². The average Bonchev–Trinajstić information content (AvgIpc) is 2.93. The molecule has 1 aliphatic rings. The highest BCUT2D eigenvalue weighted by molar-refractivity contribution is 5.78. The topological polar surface area (TPSA) is 75.8 Å². The number of carbonyl (C=O) groups excluding carboxylic acids is 1. The first-order valence-electron chi connectivity index (χ1n) is 6.56. The van der Waals surface area contributed by atoms with Crippen LogP contribution in [0.1, 0.15) is 18.4 Å². The number of aliphatic hydroxyl groups excluding tert-OH is 1. The second-order valence-corrected chi connectivity index (χ2v) is 4.70. The average molecular weight is 264 g/mol. The fourth-order valence-electron chi connectivity index (χ4n) is 2.30. The molecular formula is C14H20N2O3. The molecule has 1 atom stereocenters. The summed E-state index contributed by atoms with van der Waals surface area (Å²) in [5, 5.41) is 9.18. The number of hydrogen-bond acceptors (Lipinski definition) is 4. The van der Waals surface area contributed by atoms with Gasteiger partial charge in [-0.2, -0.15) is 0 Å². The zero-order valence-corrected chi connectivity index (χ0v) is 10.9. The minimum Gasteiger partial charge on any atom is -0.484 e. The van der Waals surface area contributed by atoms with Crippen LogP contribution in [0, 0.1) is 0 Å². The monoisotopic (exact) mass is 264 g/mol. The third kappa shape index (κ3) is 3.45. The Kier molecular flexibility index (Phi) is 4.76. The molecule has 2 rings (SSSR count). The van der Waals surface area contributed by atoms with E-state index in [2.05, 4.69) is 0 Å². The van der Waals surface area contributed by atoms with Gasteiger partial charge in [0.2, 0.25) is 0 Å².